The highest BCUT2D eigenvalue weighted by Crippen LogP contribution is 2.45. The molecule has 0 bridgehead atoms. The van der Waals surface area contributed by atoms with E-state index < -0.39 is 29.5 Å². The number of hydrogen-bond acceptors (Lipinski definition) is 9. The number of hydrogen-bond donors (Lipinski definition) is 1. The molecule has 3 aromatic heterocycles. The van der Waals surface area contributed by atoms with Crippen molar-refractivity contribution < 1.29 is 29.0 Å². The van der Waals surface area contributed by atoms with Gasteiger partial charge in [-0.2, -0.15) is 0 Å². The number of methoxy groups -OCH3 is 1. The number of fused-ring (bicyclic) bond motifs is 1. The van der Waals surface area contributed by atoms with Crippen LogP contribution in [0.1, 0.15) is 43.9 Å². The number of ketones is 1. The van der Waals surface area contributed by atoms with E-state index in [2.05, 4.69) is 9.97 Å². The minimum absolute atomic E-state index is 0.112. The number of anilines is 1. The SMILES string of the molecule is COC(=O)c1sc(N2C(=O)C(=O)C(=C(O)c3nc4c(C)cccn4c3C)C2c2cccc(Oc3ccccc3)c2)nc1C. The highest BCUT2D eigenvalue weighted by molar-refractivity contribution is 7.17. The fraction of sp³-hybridized carbons (Fsp3) is 0.156. The predicted molar refractivity (Wildman–Crippen MR) is 161 cm³/mol. The fourth-order valence-corrected chi connectivity index (χ4v) is 6.17. The monoisotopic (exact) mass is 594 g/mol. The molecule has 1 saturated heterocycles. The first-order valence-corrected chi connectivity index (χ1v) is 14.2. The van der Waals surface area contributed by atoms with Crippen molar-refractivity contribution in [3.05, 3.63) is 112 Å². The Kier molecular flexibility index (Phi) is 7.02. The fourth-order valence-electron chi connectivity index (χ4n) is 5.16. The van der Waals surface area contributed by atoms with Crippen molar-refractivity contribution in [2.24, 2.45) is 0 Å². The molecule has 1 fully saturated rings. The number of para-hydroxylation sites is 1. The molecule has 1 unspecified atom stereocenters. The molecule has 6 rings (SSSR count). The van der Waals surface area contributed by atoms with Gasteiger partial charge in [-0.3, -0.25) is 14.5 Å². The van der Waals surface area contributed by atoms with Gasteiger partial charge in [-0.05, 0) is 62.2 Å². The van der Waals surface area contributed by atoms with Crippen LogP contribution in [0.3, 0.4) is 0 Å². The number of benzene rings is 2. The van der Waals surface area contributed by atoms with E-state index in [1.165, 1.54) is 12.0 Å². The molecule has 11 heteroatoms. The number of ether oxygens (including phenoxy) is 2. The Hall–Kier alpha value is -5.29. The maximum absolute atomic E-state index is 13.7. The number of aryl methyl sites for hydroxylation is 3. The first kappa shape index (κ1) is 27.9. The molecule has 1 aliphatic heterocycles. The van der Waals surface area contributed by atoms with Crippen molar-refractivity contribution in [1.29, 1.82) is 0 Å². The number of aromatic nitrogens is 3. The van der Waals surface area contributed by atoms with E-state index >= 15 is 0 Å². The second-order valence-corrected chi connectivity index (χ2v) is 11.0. The standard InChI is InChI=1S/C32H26N4O6S/c1-17-10-9-15-35-19(3)24(34-29(17)35)26(37)23-25(20-11-8-14-22(16-20)42-21-12-6-5-7-13-21)36(30(39)27(23)38)32-33-18(2)28(43-32)31(40)41-4/h5-16,25,37H,1-4H3. The Morgan fingerprint density at radius 3 is 2.42 bits per heavy atom. The summed E-state index contributed by atoms with van der Waals surface area (Å²) in [5.74, 6) is -1.77. The van der Waals surface area contributed by atoms with Crippen molar-refractivity contribution in [3.63, 3.8) is 0 Å². The topological polar surface area (TPSA) is 123 Å². The van der Waals surface area contributed by atoms with E-state index in [4.69, 9.17) is 9.47 Å². The van der Waals surface area contributed by atoms with E-state index in [-0.39, 0.29) is 21.3 Å². The molecular formula is C32H26N4O6S. The average molecular weight is 595 g/mol. The largest absolute Gasteiger partial charge is 0.505 e. The third-order valence-corrected chi connectivity index (χ3v) is 8.40. The number of pyridine rings is 1. The Morgan fingerprint density at radius 2 is 1.70 bits per heavy atom. The van der Waals surface area contributed by atoms with Crippen molar-refractivity contribution in [1.82, 2.24) is 14.4 Å². The molecule has 1 aliphatic rings. The molecule has 0 saturated carbocycles. The summed E-state index contributed by atoms with van der Waals surface area (Å²) in [6.07, 6.45) is 1.81. The Balaban J connectivity index is 1.55. The lowest BCUT2D eigenvalue weighted by Gasteiger charge is -2.23. The molecule has 0 spiro atoms. The number of rotatable bonds is 6. The van der Waals surface area contributed by atoms with Crippen LogP contribution in [0.5, 0.6) is 11.5 Å². The Bertz CT molecular complexity index is 1960. The van der Waals surface area contributed by atoms with Gasteiger partial charge in [0.25, 0.3) is 5.78 Å². The van der Waals surface area contributed by atoms with Crippen LogP contribution in [0, 0.1) is 20.8 Å². The number of aliphatic hydroxyl groups is 1. The highest BCUT2D eigenvalue weighted by Gasteiger charge is 2.49. The number of imidazole rings is 1. The zero-order valence-corrected chi connectivity index (χ0v) is 24.5. The van der Waals surface area contributed by atoms with Crippen LogP contribution in [0.25, 0.3) is 11.4 Å². The van der Waals surface area contributed by atoms with Crippen LogP contribution >= 0.6 is 11.3 Å². The minimum atomic E-state index is -1.10. The van der Waals surface area contributed by atoms with Crippen molar-refractivity contribution in [3.8, 4) is 11.5 Å². The minimum Gasteiger partial charge on any atom is -0.505 e. The second-order valence-electron chi connectivity index (χ2n) is 9.99. The smallest absolute Gasteiger partial charge is 0.350 e. The number of nitrogens with zero attached hydrogens (tertiary/aromatic N) is 4. The molecule has 0 radical (unpaired) electrons. The van der Waals surface area contributed by atoms with Gasteiger partial charge in [-0.1, -0.05) is 47.7 Å². The molecule has 2 aromatic carbocycles. The molecule has 216 valence electrons. The van der Waals surface area contributed by atoms with Crippen LogP contribution in [-0.4, -0.2) is 44.2 Å². The van der Waals surface area contributed by atoms with Crippen molar-refractivity contribution >= 4 is 45.5 Å². The Morgan fingerprint density at radius 1 is 0.953 bits per heavy atom. The summed E-state index contributed by atoms with van der Waals surface area (Å²) in [5, 5.41) is 11.9. The van der Waals surface area contributed by atoms with Gasteiger partial charge in [0.05, 0.1) is 30.1 Å². The van der Waals surface area contributed by atoms with Crippen LogP contribution in [0.2, 0.25) is 0 Å². The lowest BCUT2D eigenvalue weighted by atomic mass is 9.96. The molecule has 0 aliphatic carbocycles. The molecule has 1 atom stereocenters. The van der Waals surface area contributed by atoms with E-state index in [1.807, 2.05) is 47.9 Å². The maximum Gasteiger partial charge on any atom is 0.350 e. The first-order chi connectivity index (χ1) is 20.7. The summed E-state index contributed by atoms with van der Waals surface area (Å²) < 4.78 is 12.7. The number of carbonyl (C=O) groups is 3. The van der Waals surface area contributed by atoms with Gasteiger partial charge < -0.3 is 19.0 Å². The number of aliphatic hydroxyl groups excluding tert-OH is 1. The maximum atomic E-state index is 13.7. The first-order valence-electron chi connectivity index (χ1n) is 13.3. The van der Waals surface area contributed by atoms with E-state index in [0.29, 0.717) is 34.1 Å². The summed E-state index contributed by atoms with van der Waals surface area (Å²) in [4.78, 5) is 50.3. The number of Topliss-reactive ketones (excluding diaryl/α,β-unsaturated/α-hetero) is 1. The van der Waals surface area contributed by atoms with Crippen LogP contribution in [-0.2, 0) is 14.3 Å². The summed E-state index contributed by atoms with van der Waals surface area (Å²) >= 11 is 0.931. The highest BCUT2D eigenvalue weighted by atomic mass is 32.1. The molecular weight excluding hydrogens is 568 g/mol. The molecule has 1 N–H and O–H groups in total. The van der Waals surface area contributed by atoms with Gasteiger partial charge in [0.1, 0.15) is 27.7 Å². The van der Waals surface area contributed by atoms with E-state index in [1.54, 1.807) is 50.2 Å². The summed E-state index contributed by atoms with van der Waals surface area (Å²) in [5.41, 5.74) is 2.95. The third kappa shape index (κ3) is 4.73. The Labute approximate surface area is 250 Å². The normalized spacial score (nSPS) is 16.2. The van der Waals surface area contributed by atoms with Gasteiger partial charge in [0.15, 0.2) is 10.9 Å². The molecule has 10 nitrogen and oxygen atoms in total. The predicted octanol–water partition coefficient (Wildman–Crippen LogP) is 5.92. The van der Waals surface area contributed by atoms with Crippen LogP contribution in [0.4, 0.5) is 5.13 Å². The van der Waals surface area contributed by atoms with Gasteiger partial charge in [0, 0.05) is 6.20 Å². The van der Waals surface area contributed by atoms with E-state index in [9.17, 15) is 19.5 Å². The van der Waals surface area contributed by atoms with Crippen molar-refractivity contribution in [2.45, 2.75) is 26.8 Å². The summed E-state index contributed by atoms with van der Waals surface area (Å²) in [6.45, 7) is 5.29. The quantitative estimate of drug-likeness (QED) is 0.111. The molecule has 43 heavy (non-hydrogen) atoms. The number of thiazole rings is 1. The summed E-state index contributed by atoms with van der Waals surface area (Å²) in [6, 6.07) is 18.8. The summed E-state index contributed by atoms with van der Waals surface area (Å²) in [7, 11) is 1.25. The van der Waals surface area contributed by atoms with Gasteiger partial charge >= 0.3 is 11.9 Å². The average Bonchev–Trinajstić information content (AvgIpc) is 3.64. The van der Waals surface area contributed by atoms with E-state index in [0.717, 1.165) is 16.9 Å². The van der Waals surface area contributed by atoms with Crippen LogP contribution < -0.4 is 9.64 Å². The lowest BCUT2D eigenvalue weighted by molar-refractivity contribution is -0.132. The second kappa shape index (κ2) is 10.8. The van der Waals surface area contributed by atoms with Crippen LogP contribution in [0.15, 0.2) is 78.5 Å². The lowest BCUT2D eigenvalue weighted by Crippen LogP contribution is -2.29. The number of carbonyl (C=O) groups excluding carboxylic acids is 3. The van der Waals surface area contributed by atoms with Gasteiger partial charge in [-0.25, -0.2) is 14.8 Å². The number of esters is 1. The third-order valence-electron chi connectivity index (χ3n) is 7.27. The molecule has 4 heterocycles. The number of amides is 1. The van der Waals surface area contributed by atoms with Gasteiger partial charge in [-0.15, -0.1) is 0 Å². The zero-order valence-electron chi connectivity index (χ0n) is 23.7. The van der Waals surface area contributed by atoms with Gasteiger partial charge in [0.2, 0.25) is 0 Å². The van der Waals surface area contributed by atoms with Crippen molar-refractivity contribution in [2.75, 3.05) is 12.0 Å². The molecule has 1 amide bonds. The molecule has 5 aromatic rings. The zero-order chi connectivity index (χ0) is 30.4.